The van der Waals surface area contributed by atoms with Gasteiger partial charge in [0.2, 0.25) is 0 Å². The van der Waals surface area contributed by atoms with Crippen molar-refractivity contribution in [3.8, 4) is 11.5 Å². The number of hydrogen-bond acceptors (Lipinski definition) is 9. The zero-order valence-electron chi connectivity index (χ0n) is 22.1. The van der Waals surface area contributed by atoms with E-state index in [0.717, 1.165) is 10.9 Å². The molecule has 0 saturated heterocycles. The van der Waals surface area contributed by atoms with Gasteiger partial charge < -0.3 is 24.4 Å². The second-order valence-electron chi connectivity index (χ2n) is 8.81. The number of likely N-dealkylation sites (N-methyl/N-ethyl adjacent to an activating group) is 1. The van der Waals surface area contributed by atoms with Crippen molar-refractivity contribution < 1.29 is 23.8 Å². The Kier molecular flexibility index (Phi) is 11.0. The monoisotopic (exact) mass is 540 g/mol. The number of benzene rings is 2. The molecule has 38 heavy (non-hydrogen) atoms. The van der Waals surface area contributed by atoms with Crippen LogP contribution in [-0.4, -0.2) is 73.5 Å². The first-order valence-corrected chi connectivity index (χ1v) is 12.7. The predicted molar refractivity (Wildman–Crippen MR) is 149 cm³/mol. The van der Waals surface area contributed by atoms with Crippen molar-refractivity contribution >= 4 is 45.6 Å². The van der Waals surface area contributed by atoms with Gasteiger partial charge in [-0.05, 0) is 58.3 Å². The molecule has 2 aromatic carbocycles. The van der Waals surface area contributed by atoms with Gasteiger partial charge in [0.05, 0.1) is 17.1 Å². The smallest absolute Gasteiger partial charge is 0.167 e. The molecule has 0 amide bonds. The predicted octanol–water partition coefficient (Wildman–Crippen LogP) is 4.64. The van der Waals surface area contributed by atoms with Crippen molar-refractivity contribution in [1.82, 2.24) is 14.9 Å². The van der Waals surface area contributed by atoms with Crippen LogP contribution in [0.15, 0.2) is 48.8 Å². The molecule has 10 heteroatoms. The standard InChI is InChI=1S/C28H33ClN4O5/c1-5-36-11-12-37-27-16-25-23(14-20(27)13-22(35)7-6-10-33(3)4)28(31-18-30-25)32-21-8-9-26(24(29)15-21)38-17-19(2)34/h6-9,14-16,18H,5,10-13,17H2,1-4H3,(H,30,31,32)/b7-6+. The Hall–Kier alpha value is -3.53. The molecule has 0 aliphatic carbocycles. The Bertz CT molecular complexity index is 1300. The fourth-order valence-electron chi connectivity index (χ4n) is 3.51. The largest absolute Gasteiger partial charge is 0.491 e. The number of carbonyl (C=O) groups is 2. The van der Waals surface area contributed by atoms with Crippen LogP contribution in [0.3, 0.4) is 0 Å². The highest BCUT2D eigenvalue weighted by Gasteiger charge is 2.14. The molecular weight excluding hydrogens is 508 g/mol. The van der Waals surface area contributed by atoms with Crippen LogP contribution < -0.4 is 14.8 Å². The molecule has 3 rings (SSSR count). The first kappa shape index (κ1) is 29.0. The molecule has 0 atom stereocenters. The van der Waals surface area contributed by atoms with Crippen LogP contribution in [0.25, 0.3) is 10.9 Å². The Morgan fingerprint density at radius 3 is 2.61 bits per heavy atom. The molecule has 0 unspecified atom stereocenters. The minimum absolute atomic E-state index is 0.0415. The molecular formula is C28H33ClN4O5. The zero-order chi connectivity index (χ0) is 27.5. The molecule has 202 valence electrons. The SMILES string of the molecule is CCOCCOc1cc2ncnc(Nc3ccc(OCC(C)=O)c(Cl)c3)c2cc1CC(=O)/C=C/CN(C)C. The number of anilines is 2. The average Bonchev–Trinajstić information content (AvgIpc) is 2.86. The van der Waals surface area contributed by atoms with Gasteiger partial charge in [-0.1, -0.05) is 17.7 Å². The number of carbonyl (C=O) groups excluding carboxylic acids is 2. The number of nitrogens with one attached hydrogen (secondary N) is 1. The fourth-order valence-corrected chi connectivity index (χ4v) is 3.74. The highest BCUT2D eigenvalue weighted by atomic mass is 35.5. The Balaban J connectivity index is 1.90. The topological polar surface area (TPSA) is 103 Å². The van der Waals surface area contributed by atoms with Crippen molar-refractivity contribution in [2.45, 2.75) is 20.3 Å². The summed E-state index contributed by atoms with van der Waals surface area (Å²) in [6.45, 7) is 5.37. The van der Waals surface area contributed by atoms with Gasteiger partial charge in [-0.3, -0.25) is 9.59 Å². The molecule has 0 radical (unpaired) electrons. The number of allylic oxidation sites excluding steroid dienone is 1. The van der Waals surface area contributed by atoms with E-state index in [-0.39, 0.29) is 24.6 Å². The van der Waals surface area contributed by atoms with Crippen molar-refractivity contribution in [3.05, 3.63) is 59.4 Å². The average molecular weight is 541 g/mol. The van der Waals surface area contributed by atoms with E-state index < -0.39 is 0 Å². The number of hydrogen-bond donors (Lipinski definition) is 1. The molecule has 0 spiro atoms. The van der Waals surface area contributed by atoms with Crippen LogP contribution in [0.2, 0.25) is 5.02 Å². The number of Topliss-reactive ketones (excluding diaryl/α,β-unsaturated/α-hetero) is 1. The van der Waals surface area contributed by atoms with Gasteiger partial charge in [-0.2, -0.15) is 0 Å². The summed E-state index contributed by atoms with van der Waals surface area (Å²) in [5.74, 6) is 1.39. The lowest BCUT2D eigenvalue weighted by molar-refractivity contribution is -0.119. The third kappa shape index (κ3) is 8.79. The summed E-state index contributed by atoms with van der Waals surface area (Å²) in [5, 5.41) is 4.34. The summed E-state index contributed by atoms with van der Waals surface area (Å²) in [7, 11) is 3.88. The van der Waals surface area contributed by atoms with Gasteiger partial charge in [0.25, 0.3) is 0 Å². The summed E-state index contributed by atoms with van der Waals surface area (Å²) >= 11 is 6.35. The molecule has 1 heterocycles. The molecule has 3 aromatic rings. The van der Waals surface area contributed by atoms with Crippen LogP contribution >= 0.6 is 11.6 Å². The summed E-state index contributed by atoms with van der Waals surface area (Å²) in [6, 6.07) is 8.84. The Morgan fingerprint density at radius 1 is 1.08 bits per heavy atom. The third-order valence-corrected chi connectivity index (χ3v) is 5.57. The summed E-state index contributed by atoms with van der Waals surface area (Å²) in [6.07, 6.45) is 5.04. The summed E-state index contributed by atoms with van der Waals surface area (Å²) < 4.78 is 16.8. The van der Waals surface area contributed by atoms with Gasteiger partial charge in [0.15, 0.2) is 11.6 Å². The number of aromatic nitrogens is 2. The number of ether oxygens (including phenoxy) is 3. The maximum atomic E-state index is 12.7. The third-order valence-electron chi connectivity index (χ3n) is 5.27. The highest BCUT2D eigenvalue weighted by Crippen LogP contribution is 2.33. The van der Waals surface area contributed by atoms with Crippen molar-refractivity contribution in [2.24, 2.45) is 0 Å². The minimum atomic E-state index is -0.0977. The molecule has 0 bridgehead atoms. The van der Waals surface area contributed by atoms with Gasteiger partial charge in [0.1, 0.15) is 36.9 Å². The van der Waals surface area contributed by atoms with Gasteiger partial charge in [-0.15, -0.1) is 0 Å². The maximum Gasteiger partial charge on any atom is 0.167 e. The number of halogens is 1. The van der Waals surface area contributed by atoms with Crippen molar-refractivity contribution in [3.63, 3.8) is 0 Å². The first-order chi connectivity index (χ1) is 18.3. The highest BCUT2D eigenvalue weighted by molar-refractivity contribution is 6.32. The number of ketones is 2. The van der Waals surface area contributed by atoms with Crippen molar-refractivity contribution in [1.29, 1.82) is 0 Å². The summed E-state index contributed by atoms with van der Waals surface area (Å²) in [4.78, 5) is 34.7. The van der Waals surface area contributed by atoms with Gasteiger partial charge in [-0.25, -0.2) is 9.97 Å². The Labute approximate surface area is 227 Å². The van der Waals surface area contributed by atoms with Crippen LogP contribution in [0.1, 0.15) is 19.4 Å². The molecule has 0 fully saturated rings. The van der Waals surface area contributed by atoms with E-state index in [2.05, 4.69) is 15.3 Å². The number of rotatable bonds is 15. The molecule has 0 aliphatic rings. The Morgan fingerprint density at radius 2 is 1.89 bits per heavy atom. The minimum Gasteiger partial charge on any atom is -0.491 e. The van der Waals surface area contributed by atoms with Crippen LogP contribution in [-0.2, 0) is 20.7 Å². The second-order valence-corrected chi connectivity index (χ2v) is 9.22. The van der Waals surface area contributed by atoms with Crippen LogP contribution in [0, 0.1) is 0 Å². The molecule has 1 N–H and O–H groups in total. The van der Waals surface area contributed by atoms with E-state index in [1.807, 2.05) is 44.1 Å². The second kappa shape index (κ2) is 14.4. The number of nitrogens with zero attached hydrogens (tertiary/aromatic N) is 3. The first-order valence-electron chi connectivity index (χ1n) is 12.3. The van der Waals surface area contributed by atoms with E-state index in [0.29, 0.717) is 59.9 Å². The van der Waals surface area contributed by atoms with Crippen LogP contribution in [0.5, 0.6) is 11.5 Å². The summed E-state index contributed by atoms with van der Waals surface area (Å²) in [5.41, 5.74) is 2.05. The van der Waals surface area contributed by atoms with E-state index in [1.165, 1.54) is 13.3 Å². The van der Waals surface area contributed by atoms with E-state index in [1.54, 1.807) is 24.3 Å². The zero-order valence-corrected chi connectivity index (χ0v) is 22.9. The quantitative estimate of drug-likeness (QED) is 0.218. The van der Waals surface area contributed by atoms with E-state index in [4.69, 9.17) is 25.8 Å². The lowest BCUT2D eigenvalue weighted by Gasteiger charge is -2.15. The normalized spacial score (nSPS) is 11.3. The molecule has 0 saturated carbocycles. The molecule has 1 aromatic heterocycles. The lowest BCUT2D eigenvalue weighted by atomic mass is 10.0. The molecule has 9 nitrogen and oxygen atoms in total. The number of fused-ring (bicyclic) bond motifs is 1. The lowest BCUT2D eigenvalue weighted by Crippen LogP contribution is -2.12. The van der Waals surface area contributed by atoms with Gasteiger partial charge >= 0.3 is 0 Å². The van der Waals surface area contributed by atoms with Crippen LogP contribution in [0.4, 0.5) is 11.5 Å². The van der Waals surface area contributed by atoms with E-state index in [9.17, 15) is 9.59 Å². The molecule has 0 aliphatic heterocycles. The van der Waals surface area contributed by atoms with Crippen molar-refractivity contribution in [2.75, 3.05) is 52.4 Å². The fraction of sp³-hybridized carbons (Fsp3) is 0.357. The maximum absolute atomic E-state index is 12.7. The van der Waals surface area contributed by atoms with E-state index >= 15 is 0 Å². The van der Waals surface area contributed by atoms with Gasteiger partial charge in [0, 0.05) is 42.3 Å².